The molecule has 1 aliphatic heterocycles. The van der Waals surface area contributed by atoms with E-state index < -0.39 is 0 Å². The lowest BCUT2D eigenvalue weighted by molar-refractivity contribution is -0.135. The summed E-state index contributed by atoms with van der Waals surface area (Å²) >= 11 is 0. The van der Waals surface area contributed by atoms with E-state index >= 15 is 0 Å². The lowest BCUT2D eigenvalue weighted by Gasteiger charge is -2.38. The molecule has 1 amide bonds. The fraction of sp³-hybridized carbons (Fsp3) is 0.474. The summed E-state index contributed by atoms with van der Waals surface area (Å²) in [5.74, 6) is 1.73. The molecule has 5 heteroatoms. The highest BCUT2D eigenvalue weighted by molar-refractivity contribution is 5.76. The van der Waals surface area contributed by atoms with E-state index in [2.05, 4.69) is 23.9 Å². The predicted octanol–water partition coefficient (Wildman–Crippen LogP) is 2.83. The Hall–Kier alpha value is -2.14. The predicted molar refractivity (Wildman–Crippen MR) is 93.5 cm³/mol. The second-order valence-corrected chi connectivity index (χ2v) is 6.54. The minimum atomic E-state index is 0.241. The van der Waals surface area contributed by atoms with Crippen LogP contribution in [0.1, 0.15) is 25.7 Å². The zero-order valence-corrected chi connectivity index (χ0v) is 14.4. The molecule has 1 atom stereocenters. The van der Waals surface area contributed by atoms with Crippen molar-refractivity contribution in [3.05, 3.63) is 42.4 Å². The molecule has 128 valence electrons. The van der Waals surface area contributed by atoms with Crippen molar-refractivity contribution >= 4 is 5.91 Å². The standard InChI is InChI=1S/C19H25N3O2/c1-15-14-21(2)11-12-22(15)19(23)10-6-9-18-20-13-17(24-18)16-7-4-3-5-8-16/h3-5,7-8,13,15H,6,9-12,14H2,1-2H3/t15-/m0/s1. The summed E-state index contributed by atoms with van der Waals surface area (Å²) in [5, 5.41) is 0. The van der Waals surface area contributed by atoms with Crippen molar-refractivity contribution in [3.8, 4) is 11.3 Å². The fourth-order valence-electron chi connectivity index (χ4n) is 3.21. The van der Waals surface area contributed by atoms with Gasteiger partial charge in [0.25, 0.3) is 0 Å². The maximum absolute atomic E-state index is 12.4. The van der Waals surface area contributed by atoms with Gasteiger partial charge in [-0.15, -0.1) is 0 Å². The van der Waals surface area contributed by atoms with Gasteiger partial charge in [0.05, 0.1) is 6.20 Å². The van der Waals surface area contributed by atoms with E-state index in [4.69, 9.17) is 4.42 Å². The summed E-state index contributed by atoms with van der Waals surface area (Å²) < 4.78 is 5.79. The highest BCUT2D eigenvalue weighted by Gasteiger charge is 2.25. The average molecular weight is 327 g/mol. The number of piperazine rings is 1. The molecule has 0 saturated carbocycles. The molecule has 3 rings (SSSR count). The number of hydrogen-bond donors (Lipinski definition) is 0. The lowest BCUT2D eigenvalue weighted by Crippen LogP contribution is -2.52. The zero-order valence-electron chi connectivity index (χ0n) is 14.4. The van der Waals surface area contributed by atoms with Crippen molar-refractivity contribution in [2.24, 2.45) is 0 Å². The average Bonchev–Trinajstić information content (AvgIpc) is 3.04. The maximum Gasteiger partial charge on any atom is 0.222 e. The molecule has 1 aromatic heterocycles. The summed E-state index contributed by atoms with van der Waals surface area (Å²) in [5.41, 5.74) is 1.03. The highest BCUT2D eigenvalue weighted by Crippen LogP contribution is 2.20. The molecule has 5 nitrogen and oxygen atoms in total. The number of aryl methyl sites for hydroxylation is 1. The van der Waals surface area contributed by atoms with E-state index in [0.717, 1.165) is 37.4 Å². The first-order valence-corrected chi connectivity index (χ1v) is 8.61. The first-order valence-electron chi connectivity index (χ1n) is 8.61. The number of carbonyl (C=O) groups is 1. The second-order valence-electron chi connectivity index (χ2n) is 6.54. The quantitative estimate of drug-likeness (QED) is 0.847. The van der Waals surface area contributed by atoms with Gasteiger partial charge in [0.1, 0.15) is 0 Å². The van der Waals surface area contributed by atoms with E-state index in [9.17, 15) is 4.79 Å². The molecule has 1 aliphatic rings. The molecule has 1 saturated heterocycles. The van der Waals surface area contributed by atoms with Crippen molar-refractivity contribution in [1.29, 1.82) is 0 Å². The van der Waals surface area contributed by atoms with E-state index in [1.807, 2.05) is 35.2 Å². The summed E-state index contributed by atoms with van der Waals surface area (Å²) in [4.78, 5) is 21.0. The van der Waals surface area contributed by atoms with Crippen LogP contribution in [0.5, 0.6) is 0 Å². The number of oxazole rings is 1. The van der Waals surface area contributed by atoms with Gasteiger partial charge >= 0.3 is 0 Å². The minimum absolute atomic E-state index is 0.241. The fourth-order valence-corrected chi connectivity index (χ4v) is 3.21. The molecular weight excluding hydrogens is 302 g/mol. The molecule has 0 aliphatic carbocycles. The van der Waals surface area contributed by atoms with Crippen LogP contribution in [0.2, 0.25) is 0 Å². The number of likely N-dealkylation sites (N-methyl/N-ethyl adjacent to an activating group) is 1. The number of hydrogen-bond acceptors (Lipinski definition) is 4. The van der Waals surface area contributed by atoms with E-state index in [1.54, 1.807) is 6.20 Å². The van der Waals surface area contributed by atoms with Crippen molar-refractivity contribution in [2.45, 2.75) is 32.2 Å². The lowest BCUT2D eigenvalue weighted by atomic mass is 10.1. The van der Waals surface area contributed by atoms with Crippen LogP contribution < -0.4 is 0 Å². The molecule has 0 spiro atoms. The minimum Gasteiger partial charge on any atom is -0.441 e. The van der Waals surface area contributed by atoms with Gasteiger partial charge in [-0.25, -0.2) is 4.98 Å². The van der Waals surface area contributed by atoms with Crippen molar-refractivity contribution in [1.82, 2.24) is 14.8 Å². The molecule has 2 heterocycles. The van der Waals surface area contributed by atoms with Crippen LogP contribution in [0.4, 0.5) is 0 Å². The number of aromatic nitrogens is 1. The molecule has 0 radical (unpaired) electrons. The molecular formula is C19H25N3O2. The number of amides is 1. The molecule has 2 aromatic rings. The van der Waals surface area contributed by atoms with Crippen LogP contribution in [-0.4, -0.2) is 53.4 Å². The Labute approximate surface area is 143 Å². The Morgan fingerprint density at radius 2 is 2.08 bits per heavy atom. The molecule has 1 fully saturated rings. The van der Waals surface area contributed by atoms with Crippen LogP contribution in [0.3, 0.4) is 0 Å². The Balaban J connectivity index is 1.48. The SMILES string of the molecule is C[C@H]1CN(C)CCN1C(=O)CCCc1ncc(-c2ccccc2)o1. The van der Waals surface area contributed by atoms with E-state index in [1.165, 1.54) is 0 Å². The van der Waals surface area contributed by atoms with E-state index in [0.29, 0.717) is 24.8 Å². The Morgan fingerprint density at radius 1 is 1.29 bits per heavy atom. The normalized spacial score (nSPS) is 18.8. The summed E-state index contributed by atoms with van der Waals surface area (Å²) in [6.45, 7) is 4.85. The molecule has 0 unspecified atom stereocenters. The molecule has 24 heavy (non-hydrogen) atoms. The second kappa shape index (κ2) is 7.62. The van der Waals surface area contributed by atoms with Gasteiger partial charge in [0, 0.05) is 44.1 Å². The molecule has 0 N–H and O–H groups in total. The topological polar surface area (TPSA) is 49.6 Å². The first kappa shape index (κ1) is 16.7. The monoisotopic (exact) mass is 327 g/mol. The number of nitrogens with zero attached hydrogens (tertiary/aromatic N) is 3. The number of carbonyl (C=O) groups excluding carboxylic acids is 1. The van der Waals surface area contributed by atoms with Crippen LogP contribution in [0.25, 0.3) is 11.3 Å². The number of rotatable bonds is 5. The smallest absolute Gasteiger partial charge is 0.222 e. The van der Waals surface area contributed by atoms with Crippen LogP contribution >= 0.6 is 0 Å². The van der Waals surface area contributed by atoms with Crippen LogP contribution in [-0.2, 0) is 11.2 Å². The third kappa shape index (κ3) is 4.03. The van der Waals surface area contributed by atoms with Gasteiger partial charge in [-0.3, -0.25) is 4.79 Å². The van der Waals surface area contributed by atoms with Gasteiger partial charge in [-0.2, -0.15) is 0 Å². The van der Waals surface area contributed by atoms with Gasteiger partial charge < -0.3 is 14.2 Å². The van der Waals surface area contributed by atoms with Gasteiger partial charge in [-0.1, -0.05) is 30.3 Å². The molecule has 0 bridgehead atoms. The Morgan fingerprint density at radius 3 is 2.83 bits per heavy atom. The van der Waals surface area contributed by atoms with Crippen LogP contribution in [0.15, 0.2) is 40.9 Å². The Bertz CT molecular complexity index is 668. The first-order chi connectivity index (χ1) is 11.6. The van der Waals surface area contributed by atoms with Gasteiger partial charge in [0.2, 0.25) is 5.91 Å². The number of benzene rings is 1. The highest BCUT2D eigenvalue weighted by atomic mass is 16.4. The van der Waals surface area contributed by atoms with Crippen molar-refractivity contribution in [3.63, 3.8) is 0 Å². The zero-order chi connectivity index (χ0) is 16.9. The van der Waals surface area contributed by atoms with E-state index in [-0.39, 0.29) is 5.91 Å². The van der Waals surface area contributed by atoms with Crippen molar-refractivity contribution < 1.29 is 9.21 Å². The largest absolute Gasteiger partial charge is 0.441 e. The van der Waals surface area contributed by atoms with Crippen molar-refractivity contribution in [2.75, 3.05) is 26.7 Å². The van der Waals surface area contributed by atoms with Gasteiger partial charge in [-0.05, 0) is 20.4 Å². The third-order valence-corrected chi connectivity index (χ3v) is 4.54. The third-order valence-electron chi connectivity index (χ3n) is 4.54. The summed E-state index contributed by atoms with van der Waals surface area (Å²) in [7, 11) is 2.10. The summed E-state index contributed by atoms with van der Waals surface area (Å²) in [6.07, 6.45) is 3.78. The van der Waals surface area contributed by atoms with Gasteiger partial charge in [0.15, 0.2) is 11.7 Å². The van der Waals surface area contributed by atoms with Crippen LogP contribution in [0, 0.1) is 0 Å². The molecule has 1 aromatic carbocycles. The summed E-state index contributed by atoms with van der Waals surface area (Å²) in [6, 6.07) is 10.2. The Kier molecular flexibility index (Phi) is 5.30. The maximum atomic E-state index is 12.4.